The zero-order valence-electron chi connectivity index (χ0n) is 47.4. The fourth-order valence-electron chi connectivity index (χ4n) is 19.3. The van der Waals surface area contributed by atoms with E-state index in [4.69, 9.17) is 9.05 Å². The summed E-state index contributed by atoms with van der Waals surface area (Å²) in [6.07, 6.45) is 15.8. The molecule has 426 valence electrons. The Labute approximate surface area is 449 Å². The molecule has 2 amide bonds. The van der Waals surface area contributed by atoms with Crippen LogP contribution in [0.15, 0.2) is 6.20 Å². The van der Waals surface area contributed by atoms with Gasteiger partial charge in [-0.1, -0.05) is 46.8 Å². The van der Waals surface area contributed by atoms with Crippen molar-refractivity contribution in [3.63, 3.8) is 0 Å². The minimum Gasteiger partial charge on any atom is -0.393 e. The van der Waals surface area contributed by atoms with E-state index < -0.39 is 26.1 Å². The molecule has 9 rings (SSSR count). The van der Waals surface area contributed by atoms with Crippen molar-refractivity contribution in [1.82, 2.24) is 25.6 Å². The summed E-state index contributed by atoms with van der Waals surface area (Å²) in [4.78, 5) is 37.0. The first-order valence-electron chi connectivity index (χ1n) is 29.9. The maximum absolute atomic E-state index is 13.3. The fourth-order valence-corrected chi connectivity index (χ4v) is 20.3. The van der Waals surface area contributed by atoms with Gasteiger partial charge in [-0.05, 0) is 202 Å². The number of carbonyl (C=O) groups excluding carboxylic acids is 2. The van der Waals surface area contributed by atoms with Crippen molar-refractivity contribution in [2.45, 2.75) is 207 Å². The van der Waals surface area contributed by atoms with Crippen LogP contribution in [-0.2, 0) is 36.3 Å². The highest BCUT2D eigenvalue weighted by atomic mass is 31.2. The number of aliphatic hydroxyl groups is 4. The van der Waals surface area contributed by atoms with Crippen LogP contribution in [0.3, 0.4) is 0 Å². The molecule has 8 fully saturated rings. The van der Waals surface area contributed by atoms with Gasteiger partial charge < -0.3 is 40.4 Å². The summed E-state index contributed by atoms with van der Waals surface area (Å²) in [6, 6.07) is 0. The number of nitrogens with zero attached hydrogens (tertiary/aromatic N) is 4. The zero-order chi connectivity index (χ0) is 54.0. The topological polar surface area (TPSA) is 226 Å². The third-order valence-corrected chi connectivity index (χ3v) is 24.7. The lowest BCUT2D eigenvalue weighted by molar-refractivity contribution is -0.870. The average Bonchev–Trinajstić information content (AvgIpc) is 4.06. The number of rotatable bonds is 19. The van der Waals surface area contributed by atoms with Gasteiger partial charge in [0.15, 0.2) is 0 Å². The summed E-state index contributed by atoms with van der Waals surface area (Å²) in [6.45, 7) is 15.8. The number of aliphatic hydroxyl groups excluding tert-OH is 4. The predicted molar refractivity (Wildman–Crippen MR) is 286 cm³/mol. The second kappa shape index (κ2) is 22.1. The molecule has 0 aliphatic heterocycles. The first-order valence-corrected chi connectivity index (χ1v) is 31.4. The van der Waals surface area contributed by atoms with Crippen molar-refractivity contribution in [2.24, 2.45) is 92.7 Å². The van der Waals surface area contributed by atoms with Gasteiger partial charge in [-0.25, -0.2) is 4.57 Å². The van der Waals surface area contributed by atoms with E-state index in [1.54, 1.807) is 4.68 Å². The van der Waals surface area contributed by atoms with Gasteiger partial charge in [0.05, 0.1) is 70.9 Å². The summed E-state index contributed by atoms with van der Waals surface area (Å²) in [5.41, 5.74) is 0.264. The number of fused-ring (bicyclic) bond motifs is 10. The van der Waals surface area contributed by atoms with E-state index in [-0.39, 0.29) is 94.3 Å². The Morgan fingerprint density at radius 1 is 0.760 bits per heavy atom. The molecule has 7 N–H and O–H groups in total. The molecule has 1 heterocycles. The summed E-state index contributed by atoms with van der Waals surface area (Å²) >= 11 is 0. The third-order valence-electron chi connectivity index (χ3n) is 23.7. The van der Waals surface area contributed by atoms with Gasteiger partial charge in [0.2, 0.25) is 11.8 Å². The van der Waals surface area contributed by atoms with Crippen molar-refractivity contribution in [2.75, 3.05) is 40.8 Å². The van der Waals surface area contributed by atoms with E-state index in [9.17, 15) is 39.5 Å². The van der Waals surface area contributed by atoms with E-state index >= 15 is 0 Å². The number of phosphoric acid groups is 1. The summed E-state index contributed by atoms with van der Waals surface area (Å²) < 4.78 is 26.3. The molecule has 17 heteroatoms. The number of hydrogen-bond acceptors (Lipinski definition) is 11. The lowest BCUT2D eigenvalue weighted by Crippen LogP contribution is -2.62. The lowest BCUT2D eigenvalue weighted by Gasteiger charge is -2.63. The fraction of sp³-hybridized carbons (Fsp3) is 0.931. The van der Waals surface area contributed by atoms with Gasteiger partial charge in [0, 0.05) is 19.4 Å². The highest BCUT2D eigenvalue weighted by Gasteiger charge is 2.67. The molecule has 1 unspecified atom stereocenters. The second-order valence-electron chi connectivity index (χ2n) is 28.4. The number of amides is 2. The van der Waals surface area contributed by atoms with E-state index in [1.165, 1.54) is 19.3 Å². The minimum atomic E-state index is -4.22. The van der Waals surface area contributed by atoms with Crippen LogP contribution < -0.4 is 10.6 Å². The van der Waals surface area contributed by atoms with Crippen LogP contribution in [0.4, 0.5) is 0 Å². The summed E-state index contributed by atoms with van der Waals surface area (Å²) in [5.74, 6) is 3.89. The zero-order valence-corrected chi connectivity index (χ0v) is 48.3. The first-order chi connectivity index (χ1) is 35.3. The summed E-state index contributed by atoms with van der Waals surface area (Å²) in [7, 11) is 1.77. The van der Waals surface area contributed by atoms with Gasteiger partial charge in [-0.2, -0.15) is 0 Å². The molecule has 1 aromatic heterocycles. The third kappa shape index (κ3) is 11.4. The molecular formula is C58H100N6O10P+. The van der Waals surface area contributed by atoms with E-state index in [0.717, 1.165) is 57.8 Å². The maximum Gasteiger partial charge on any atom is 0.472 e. The first kappa shape index (κ1) is 57.7. The van der Waals surface area contributed by atoms with Gasteiger partial charge in [-0.15, -0.1) is 5.10 Å². The van der Waals surface area contributed by atoms with Crippen molar-refractivity contribution in [3.8, 4) is 0 Å². The van der Waals surface area contributed by atoms with Crippen LogP contribution in [0.25, 0.3) is 0 Å². The number of phosphoric ester groups is 1. The van der Waals surface area contributed by atoms with Gasteiger partial charge in [-0.3, -0.25) is 23.3 Å². The predicted octanol–water partition coefficient (Wildman–Crippen LogP) is 7.64. The van der Waals surface area contributed by atoms with Crippen molar-refractivity contribution < 1.29 is 53.0 Å². The highest BCUT2D eigenvalue weighted by molar-refractivity contribution is 7.47. The van der Waals surface area contributed by atoms with Crippen LogP contribution in [0, 0.1) is 92.7 Å². The lowest BCUT2D eigenvalue weighted by atomic mass is 9.43. The highest BCUT2D eigenvalue weighted by Crippen LogP contribution is 2.70. The van der Waals surface area contributed by atoms with Crippen LogP contribution >= 0.6 is 7.82 Å². The summed E-state index contributed by atoms with van der Waals surface area (Å²) in [5, 5.41) is 61.2. The normalized spacial score (nSPS) is 43.9. The second-order valence-corrected chi connectivity index (χ2v) is 29.8. The molecule has 75 heavy (non-hydrogen) atoms. The quantitative estimate of drug-likeness (QED) is 0.0524. The molecule has 22 atom stereocenters. The largest absolute Gasteiger partial charge is 0.472 e. The van der Waals surface area contributed by atoms with E-state index in [2.05, 4.69) is 62.5 Å². The molecule has 0 aromatic carbocycles. The molecule has 0 spiro atoms. The Morgan fingerprint density at radius 2 is 1.37 bits per heavy atom. The Bertz CT molecular complexity index is 2210. The number of likely N-dealkylation sites (N-methyl/N-ethyl adjacent to an activating group) is 1. The molecule has 16 nitrogen and oxygen atoms in total. The average molecular weight is 1070 g/mol. The monoisotopic (exact) mass is 1070 g/mol. The Kier molecular flexibility index (Phi) is 17.0. The molecule has 8 aliphatic rings. The van der Waals surface area contributed by atoms with Gasteiger partial charge >= 0.3 is 7.82 Å². The van der Waals surface area contributed by atoms with Crippen LogP contribution in [-0.4, -0.2) is 128 Å². The van der Waals surface area contributed by atoms with Gasteiger partial charge in [0.25, 0.3) is 0 Å². The number of nitrogens with one attached hydrogen (secondary N) is 2. The van der Waals surface area contributed by atoms with Crippen molar-refractivity contribution in [1.29, 1.82) is 0 Å². The van der Waals surface area contributed by atoms with Crippen LogP contribution in [0.5, 0.6) is 0 Å². The van der Waals surface area contributed by atoms with Gasteiger partial charge in [0.1, 0.15) is 18.8 Å². The van der Waals surface area contributed by atoms with Crippen LogP contribution in [0.1, 0.15) is 169 Å². The molecule has 0 bridgehead atoms. The molecule has 8 aliphatic carbocycles. The number of quaternary nitrogens is 1. The molecule has 8 saturated carbocycles. The standard InChI is InChI=1S/C58H99N6O10P/c1-35(43-14-16-45-42-13-12-37-28-40(65)20-22-55(37,3)47(42)31-50(67)57(43,45)5)10-18-52(69)59-24-25-63-34-39(61-62-63)33-60-53(70)19-11-36(2)44-15-17-46-54-48(32-51(68)58(44,46)6)56(4)23-21-41(29-38(56)30-49(54)66)74-75(71,72)73-27-26-64(7,8)9/h34-38,40-51,54,65-68H,10-33H2,1-9H3,(H2-,59,60,69,70,71,72)/p+1/t35-,36-,37-,38+,40-,41-,42+,43-,44-,45+,46+,47+,48+,49-,50+,51+,54+,55+,56+,57-,58-/m1/s1. The number of aromatic nitrogens is 3. The number of hydrogen-bond donors (Lipinski definition) is 7. The van der Waals surface area contributed by atoms with Crippen LogP contribution in [0.2, 0.25) is 0 Å². The van der Waals surface area contributed by atoms with Crippen molar-refractivity contribution >= 4 is 19.6 Å². The minimum absolute atomic E-state index is 0.0269. The molecule has 0 saturated heterocycles. The SMILES string of the molecule is C[C@H](CCC(=O)NCCn1cc(CNC(=O)CC[C@@H](C)[C@H]2CC[C@H]3[C@@H]4[C@H](O)C[C@@H]5C[C@H](OP(=O)(O)OCC[N+](C)(C)C)CC[C@]5(C)[C@H]4C[C@H](O)[C@]23C)nn1)[C@H]1CC[C@H]2[C@@H]3CC[C@@H]4C[C@H](O)CC[C@]4(C)[C@H]3C[C@H](O)[C@]12C. The Balaban J connectivity index is 0.682. The Morgan fingerprint density at radius 3 is 2.05 bits per heavy atom. The molecular weight excluding hydrogens is 972 g/mol. The Hall–Kier alpha value is -2.01. The molecule has 1 aromatic rings. The van der Waals surface area contributed by atoms with E-state index in [1.807, 2.05) is 27.3 Å². The molecule has 0 radical (unpaired) electrons. The van der Waals surface area contributed by atoms with Crippen molar-refractivity contribution in [3.05, 3.63) is 11.9 Å². The number of carbonyl (C=O) groups is 2. The maximum atomic E-state index is 13.3. The smallest absolute Gasteiger partial charge is 0.393 e. The van der Waals surface area contributed by atoms with E-state index in [0.29, 0.717) is 110 Å².